The van der Waals surface area contributed by atoms with Crippen LogP contribution in [0.3, 0.4) is 0 Å². The van der Waals surface area contributed by atoms with Gasteiger partial charge in [0.1, 0.15) is 5.02 Å². The minimum absolute atomic E-state index is 0.00104. The first-order valence-corrected chi connectivity index (χ1v) is 6.96. The monoisotopic (exact) mass is 337 g/mol. The Kier molecular flexibility index (Phi) is 3.46. The molecule has 23 heavy (non-hydrogen) atoms. The summed E-state index contributed by atoms with van der Waals surface area (Å²) in [4.78, 5) is 12.0. The zero-order chi connectivity index (χ0) is 16.8. The summed E-state index contributed by atoms with van der Waals surface area (Å²) in [6, 6.07) is 5.20. The molecule has 120 valence electrons. The number of halogens is 1. The van der Waals surface area contributed by atoms with E-state index < -0.39 is 5.76 Å². The van der Waals surface area contributed by atoms with Crippen LogP contribution >= 0.6 is 11.6 Å². The van der Waals surface area contributed by atoms with Crippen molar-refractivity contribution in [2.45, 2.75) is 0 Å². The number of hydrogen-bond acceptors (Lipinski definition) is 7. The lowest BCUT2D eigenvalue weighted by atomic mass is 10.2. The number of benzene rings is 1. The number of anilines is 1. The van der Waals surface area contributed by atoms with Gasteiger partial charge in [0.05, 0.1) is 26.8 Å². The van der Waals surface area contributed by atoms with E-state index in [1.807, 2.05) is 27.2 Å². The Morgan fingerprint density at radius 2 is 1.96 bits per heavy atom. The zero-order valence-corrected chi connectivity index (χ0v) is 13.4. The number of hydrogen-bond donors (Lipinski definition) is 1. The molecule has 0 atom stereocenters. The highest BCUT2D eigenvalue weighted by Crippen LogP contribution is 2.31. The summed E-state index contributed by atoms with van der Waals surface area (Å²) in [7, 11) is 5.96. The molecular weight excluding hydrogens is 324 g/mol. The van der Waals surface area contributed by atoms with Gasteiger partial charge in [-0.05, 0) is 22.4 Å². The van der Waals surface area contributed by atoms with Gasteiger partial charge >= 0.3 is 5.76 Å². The van der Waals surface area contributed by atoms with Gasteiger partial charge < -0.3 is 5.73 Å². The van der Waals surface area contributed by atoms with E-state index in [0.29, 0.717) is 15.2 Å². The third-order valence-corrected chi connectivity index (χ3v) is 3.55. The number of nitrogens with zero attached hydrogens (tertiary/aromatic N) is 5. The fourth-order valence-electron chi connectivity index (χ4n) is 2.16. The molecule has 0 radical (unpaired) electrons. The lowest BCUT2D eigenvalue weighted by molar-refractivity contribution is 0.310. The van der Waals surface area contributed by atoms with Crippen molar-refractivity contribution >= 4 is 23.1 Å². The fraction of sp³-hybridized carbons (Fsp3) is 0.231. The van der Waals surface area contributed by atoms with Crippen molar-refractivity contribution in [3.63, 3.8) is 0 Å². The third-order valence-electron chi connectivity index (χ3n) is 3.24. The molecule has 1 aromatic carbocycles. The molecule has 0 aliphatic carbocycles. The van der Waals surface area contributed by atoms with Crippen molar-refractivity contribution < 1.29 is 9.15 Å². The van der Waals surface area contributed by atoms with Gasteiger partial charge in [0.2, 0.25) is 5.82 Å². The first-order chi connectivity index (χ1) is 10.8. The number of rotatable bonds is 3. The summed E-state index contributed by atoms with van der Waals surface area (Å²) in [5, 5.41) is 11.3. The lowest BCUT2D eigenvalue weighted by Crippen LogP contribution is -2.35. The van der Waals surface area contributed by atoms with Crippen molar-refractivity contribution in [2.24, 2.45) is 0 Å². The summed E-state index contributed by atoms with van der Waals surface area (Å²) >= 11 is 6.34. The summed E-state index contributed by atoms with van der Waals surface area (Å²) in [5.74, 6) is -0.611. The molecule has 3 rings (SSSR count). The van der Waals surface area contributed by atoms with Crippen LogP contribution in [0, 0.1) is 0 Å². The van der Waals surface area contributed by atoms with E-state index in [0.717, 1.165) is 5.69 Å². The molecule has 0 aliphatic rings. The van der Waals surface area contributed by atoms with E-state index in [1.54, 1.807) is 12.1 Å². The van der Waals surface area contributed by atoms with Crippen molar-refractivity contribution in [3.8, 4) is 17.2 Å². The van der Waals surface area contributed by atoms with Gasteiger partial charge in [0.15, 0.2) is 17.2 Å². The van der Waals surface area contributed by atoms with Crippen LogP contribution in [-0.4, -0.2) is 41.2 Å². The maximum absolute atomic E-state index is 12.0. The number of nitrogens with two attached hydrogens (primary N) is 1. The van der Waals surface area contributed by atoms with E-state index in [1.165, 1.54) is 4.57 Å². The molecule has 0 unspecified atom stereocenters. The van der Waals surface area contributed by atoms with Crippen LogP contribution in [0.1, 0.15) is 0 Å². The molecule has 9 nitrogen and oxygen atoms in total. The standard InChI is InChI=1S/C13H14ClN6O3/c1-20(2,3)9-5-4-7(6-8(9)14)19-12(18-22-13(19)21)10-11(15)17-23-16-10/h4-6H,1-3H3,(H2,15,17)/q+1. The maximum atomic E-state index is 12.0. The van der Waals surface area contributed by atoms with E-state index in [9.17, 15) is 4.79 Å². The number of quaternary nitrogens is 1. The van der Waals surface area contributed by atoms with Gasteiger partial charge in [-0.15, -0.1) is 0 Å². The van der Waals surface area contributed by atoms with Gasteiger partial charge in [-0.25, -0.2) is 14.0 Å². The molecular formula is C13H14ClN6O3+. The second-order valence-electron chi connectivity index (χ2n) is 5.75. The van der Waals surface area contributed by atoms with E-state index in [2.05, 4.69) is 20.1 Å². The van der Waals surface area contributed by atoms with Gasteiger partial charge in [-0.1, -0.05) is 16.8 Å². The molecule has 0 spiro atoms. The molecule has 0 bridgehead atoms. The molecule has 2 aromatic heterocycles. The SMILES string of the molecule is C[N+](C)(C)c1ccc(-n2c(-c3nonc3N)noc2=O)cc1Cl. The Labute approximate surface area is 135 Å². The molecule has 3 aromatic rings. The molecule has 0 fully saturated rings. The summed E-state index contributed by atoms with van der Waals surface area (Å²) in [6.45, 7) is 0. The number of aromatic nitrogens is 4. The minimum atomic E-state index is -0.698. The van der Waals surface area contributed by atoms with Gasteiger partial charge in [-0.2, -0.15) is 0 Å². The summed E-state index contributed by atoms with van der Waals surface area (Å²) < 4.78 is 11.0. The predicted molar refractivity (Wildman–Crippen MR) is 84.4 cm³/mol. The molecule has 0 aliphatic heterocycles. The highest BCUT2D eigenvalue weighted by atomic mass is 35.5. The van der Waals surface area contributed by atoms with Gasteiger partial charge in [-0.3, -0.25) is 9.01 Å². The maximum Gasteiger partial charge on any atom is 0.446 e. The Bertz CT molecular complexity index is 920. The molecule has 10 heteroatoms. The topological polar surface area (TPSA) is 113 Å². The van der Waals surface area contributed by atoms with Gasteiger partial charge in [0.25, 0.3) is 0 Å². The highest BCUT2D eigenvalue weighted by Gasteiger charge is 2.23. The molecule has 0 saturated heterocycles. The number of nitrogen functional groups attached to an aromatic ring is 1. The molecule has 2 heterocycles. The van der Waals surface area contributed by atoms with Gasteiger partial charge in [0, 0.05) is 6.07 Å². The fourth-order valence-corrected chi connectivity index (χ4v) is 2.59. The molecule has 0 saturated carbocycles. The van der Waals surface area contributed by atoms with E-state index >= 15 is 0 Å². The van der Waals surface area contributed by atoms with E-state index in [4.69, 9.17) is 21.9 Å². The Balaban J connectivity index is 2.18. The Hall–Kier alpha value is -2.65. The van der Waals surface area contributed by atoms with Crippen molar-refractivity contribution in [1.82, 2.24) is 24.5 Å². The average Bonchev–Trinajstić information content (AvgIpc) is 3.03. The van der Waals surface area contributed by atoms with Crippen LogP contribution in [0.4, 0.5) is 11.5 Å². The van der Waals surface area contributed by atoms with Crippen molar-refractivity contribution in [3.05, 3.63) is 33.8 Å². The van der Waals surface area contributed by atoms with Crippen LogP contribution < -0.4 is 16.0 Å². The Morgan fingerprint density at radius 3 is 2.52 bits per heavy atom. The first-order valence-electron chi connectivity index (χ1n) is 6.58. The van der Waals surface area contributed by atoms with Crippen molar-refractivity contribution in [2.75, 3.05) is 26.9 Å². The highest BCUT2D eigenvalue weighted by molar-refractivity contribution is 6.33. The second kappa shape index (κ2) is 5.21. The zero-order valence-electron chi connectivity index (χ0n) is 12.6. The molecule has 0 amide bonds. The second-order valence-corrected chi connectivity index (χ2v) is 6.16. The average molecular weight is 338 g/mol. The summed E-state index contributed by atoms with van der Waals surface area (Å²) in [6.07, 6.45) is 0. The van der Waals surface area contributed by atoms with Crippen LogP contribution in [0.2, 0.25) is 5.02 Å². The van der Waals surface area contributed by atoms with Crippen LogP contribution in [0.15, 0.2) is 32.1 Å². The van der Waals surface area contributed by atoms with Crippen LogP contribution in [-0.2, 0) is 0 Å². The predicted octanol–water partition coefficient (Wildman–Crippen LogP) is 1.31. The van der Waals surface area contributed by atoms with Crippen LogP contribution in [0.5, 0.6) is 0 Å². The Morgan fingerprint density at radius 1 is 1.22 bits per heavy atom. The normalized spacial score (nSPS) is 11.8. The quantitative estimate of drug-likeness (QED) is 0.717. The smallest absolute Gasteiger partial charge is 0.379 e. The summed E-state index contributed by atoms with van der Waals surface area (Å²) in [5.41, 5.74) is 7.12. The first kappa shape index (κ1) is 15.3. The third kappa shape index (κ3) is 2.60. The lowest BCUT2D eigenvalue weighted by Gasteiger charge is -2.24. The van der Waals surface area contributed by atoms with E-state index in [-0.39, 0.29) is 17.3 Å². The molecule has 2 N–H and O–H groups in total. The minimum Gasteiger partial charge on any atom is -0.379 e. The van der Waals surface area contributed by atoms with Crippen molar-refractivity contribution in [1.29, 1.82) is 0 Å². The van der Waals surface area contributed by atoms with Crippen LogP contribution in [0.25, 0.3) is 17.2 Å². The largest absolute Gasteiger partial charge is 0.446 e.